The molecule has 2 aromatic rings. The van der Waals surface area contributed by atoms with E-state index >= 15 is 0 Å². The maximum absolute atomic E-state index is 12.7. The van der Waals surface area contributed by atoms with E-state index < -0.39 is 10.0 Å². The summed E-state index contributed by atoms with van der Waals surface area (Å²) in [6.45, 7) is 6.07. The van der Waals surface area contributed by atoms with Crippen LogP contribution in [0.25, 0.3) is 0 Å². The van der Waals surface area contributed by atoms with Crippen LogP contribution in [-0.4, -0.2) is 60.3 Å². The Bertz CT molecular complexity index is 788. The van der Waals surface area contributed by atoms with Crippen LogP contribution in [0.1, 0.15) is 18.9 Å². The molecular formula is C18H25N5O2S. The number of anilines is 1. The summed E-state index contributed by atoms with van der Waals surface area (Å²) in [5, 5.41) is 3.15. The molecule has 1 saturated heterocycles. The lowest BCUT2D eigenvalue weighted by atomic mass is 10.3. The van der Waals surface area contributed by atoms with Gasteiger partial charge in [0.25, 0.3) is 0 Å². The molecule has 3 rings (SSSR count). The molecule has 1 aliphatic heterocycles. The van der Waals surface area contributed by atoms with Gasteiger partial charge in [0.2, 0.25) is 16.0 Å². The van der Waals surface area contributed by atoms with Gasteiger partial charge in [0.05, 0.1) is 4.90 Å². The zero-order valence-corrected chi connectivity index (χ0v) is 15.8. The van der Waals surface area contributed by atoms with Crippen LogP contribution in [0, 0.1) is 0 Å². The van der Waals surface area contributed by atoms with Crippen LogP contribution in [-0.2, 0) is 16.6 Å². The molecule has 140 valence electrons. The minimum absolute atomic E-state index is 0.358. The highest BCUT2D eigenvalue weighted by molar-refractivity contribution is 7.89. The lowest BCUT2D eigenvalue weighted by molar-refractivity contribution is 0.181. The van der Waals surface area contributed by atoms with Crippen molar-refractivity contribution < 1.29 is 8.42 Å². The van der Waals surface area contributed by atoms with Crippen LogP contribution in [0.4, 0.5) is 5.95 Å². The predicted octanol–water partition coefficient (Wildman–Crippen LogP) is 1.80. The second-order valence-corrected chi connectivity index (χ2v) is 8.27. The number of benzene rings is 1. The summed E-state index contributed by atoms with van der Waals surface area (Å²) in [6, 6.07) is 8.62. The third-order valence-corrected chi connectivity index (χ3v) is 6.27. The highest BCUT2D eigenvalue weighted by atomic mass is 32.2. The lowest BCUT2D eigenvalue weighted by Gasteiger charge is -2.33. The van der Waals surface area contributed by atoms with Crippen molar-refractivity contribution in [1.82, 2.24) is 19.2 Å². The van der Waals surface area contributed by atoms with E-state index in [1.807, 2.05) is 18.5 Å². The summed E-state index contributed by atoms with van der Waals surface area (Å²) >= 11 is 0. The molecule has 8 heteroatoms. The molecule has 2 heterocycles. The largest absolute Gasteiger partial charge is 0.354 e. The Labute approximate surface area is 155 Å². The van der Waals surface area contributed by atoms with Crippen molar-refractivity contribution in [3.05, 3.63) is 48.3 Å². The van der Waals surface area contributed by atoms with E-state index in [0.29, 0.717) is 37.0 Å². The molecule has 0 radical (unpaired) electrons. The number of nitrogens with one attached hydrogen (secondary N) is 1. The molecule has 0 bridgehead atoms. The summed E-state index contributed by atoms with van der Waals surface area (Å²) in [5.41, 5.74) is 1.03. The Balaban J connectivity index is 1.54. The Morgan fingerprint density at radius 2 is 1.69 bits per heavy atom. The number of nitrogens with zero attached hydrogens (tertiary/aromatic N) is 4. The Morgan fingerprint density at radius 1 is 1.04 bits per heavy atom. The third kappa shape index (κ3) is 4.57. The first-order chi connectivity index (χ1) is 12.6. The quantitative estimate of drug-likeness (QED) is 0.795. The minimum atomic E-state index is -3.40. The zero-order chi connectivity index (χ0) is 18.4. The standard InChI is InChI=1S/C18H25N5O2S/c1-2-8-19-18-20-13-16(14-21-18)15-22-9-11-23(12-10-22)26(24,25)17-6-4-3-5-7-17/h3-7,13-14H,2,8-12,15H2,1H3,(H,19,20,21). The Hall–Kier alpha value is -2.03. The van der Waals surface area contributed by atoms with E-state index in [4.69, 9.17) is 0 Å². The molecule has 0 atom stereocenters. The van der Waals surface area contributed by atoms with Crippen molar-refractivity contribution in [3.8, 4) is 0 Å². The number of sulfonamides is 1. The molecule has 0 saturated carbocycles. The molecule has 0 amide bonds. The van der Waals surface area contributed by atoms with Crippen molar-refractivity contribution in [2.45, 2.75) is 24.8 Å². The second kappa shape index (κ2) is 8.57. The average Bonchev–Trinajstić information content (AvgIpc) is 2.68. The maximum Gasteiger partial charge on any atom is 0.243 e. The number of aromatic nitrogens is 2. The fourth-order valence-electron chi connectivity index (χ4n) is 2.89. The van der Waals surface area contributed by atoms with Crippen LogP contribution in [0.5, 0.6) is 0 Å². The van der Waals surface area contributed by atoms with Gasteiger partial charge in [-0.15, -0.1) is 0 Å². The van der Waals surface area contributed by atoms with Gasteiger partial charge in [0, 0.05) is 57.2 Å². The van der Waals surface area contributed by atoms with Crippen LogP contribution >= 0.6 is 0 Å². The van der Waals surface area contributed by atoms with Crippen molar-refractivity contribution >= 4 is 16.0 Å². The molecule has 0 spiro atoms. The van der Waals surface area contributed by atoms with Crippen LogP contribution in [0.2, 0.25) is 0 Å². The number of piperazine rings is 1. The van der Waals surface area contributed by atoms with Gasteiger partial charge in [-0.25, -0.2) is 18.4 Å². The SMILES string of the molecule is CCCNc1ncc(CN2CCN(S(=O)(=O)c3ccccc3)CC2)cn1. The zero-order valence-electron chi connectivity index (χ0n) is 15.0. The molecule has 7 nitrogen and oxygen atoms in total. The van der Waals surface area contributed by atoms with Crippen LogP contribution in [0.3, 0.4) is 0 Å². The highest BCUT2D eigenvalue weighted by Crippen LogP contribution is 2.18. The van der Waals surface area contributed by atoms with Crippen molar-refractivity contribution in [2.75, 3.05) is 38.0 Å². The molecule has 1 fully saturated rings. The maximum atomic E-state index is 12.7. The fraction of sp³-hybridized carbons (Fsp3) is 0.444. The predicted molar refractivity (Wildman–Crippen MR) is 101 cm³/mol. The molecule has 1 aromatic heterocycles. The van der Waals surface area contributed by atoms with Crippen molar-refractivity contribution in [1.29, 1.82) is 0 Å². The summed E-state index contributed by atoms with van der Waals surface area (Å²) in [6.07, 6.45) is 4.69. The van der Waals surface area contributed by atoms with Crippen LogP contribution < -0.4 is 5.32 Å². The number of hydrogen-bond donors (Lipinski definition) is 1. The summed E-state index contributed by atoms with van der Waals surface area (Å²) in [4.78, 5) is 11.2. The normalized spacial score (nSPS) is 16.5. The van der Waals surface area contributed by atoms with E-state index in [2.05, 4.69) is 27.1 Å². The molecule has 26 heavy (non-hydrogen) atoms. The van der Waals surface area contributed by atoms with Gasteiger partial charge < -0.3 is 5.32 Å². The van der Waals surface area contributed by atoms with Gasteiger partial charge in [-0.3, -0.25) is 4.90 Å². The van der Waals surface area contributed by atoms with Crippen molar-refractivity contribution in [2.24, 2.45) is 0 Å². The summed E-state index contributed by atoms with van der Waals surface area (Å²) in [7, 11) is -3.40. The highest BCUT2D eigenvalue weighted by Gasteiger charge is 2.28. The van der Waals surface area contributed by atoms with E-state index in [1.54, 1.807) is 28.6 Å². The van der Waals surface area contributed by atoms with Gasteiger partial charge in [0.1, 0.15) is 0 Å². The van der Waals surface area contributed by atoms with E-state index in [9.17, 15) is 8.42 Å². The number of rotatable bonds is 7. The Kier molecular flexibility index (Phi) is 6.18. The monoisotopic (exact) mass is 375 g/mol. The first-order valence-electron chi connectivity index (χ1n) is 8.92. The molecule has 1 aliphatic rings. The molecule has 0 unspecified atom stereocenters. The van der Waals surface area contributed by atoms with Gasteiger partial charge >= 0.3 is 0 Å². The van der Waals surface area contributed by atoms with Crippen LogP contribution in [0.15, 0.2) is 47.6 Å². The first-order valence-corrected chi connectivity index (χ1v) is 10.4. The third-order valence-electron chi connectivity index (χ3n) is 4.36. The smallest absolute Gasteiger partial charge is 0.243 e. The number of hydrogen-bond acceptors (Lipinski definition) is 6. The summed E-state index contributed by atoms with van der Waals surface area (Å²) < 4.78 is 26.9. The van der Waals surface area contributed by atoms with Gasteiger partial charge in [-0.2, -0.15) is 4.31 Å². The molecular weight excluding hydrogens is 350 g/mol. The van der Waals surface area contributed by atoms with Gasteiger partial charge in [-0.1, -0.05) is 25.1 Å². The van der Waals surface area contributed by atoms with Gasteiger partial charge in [-0.05, 0) is 18.6 Å². The Morgan fingerprint density at radius 3 is 2.31 bits per heavy atom. The summed E-state index contributed by atoms with van der Waals surface area (Å²) in [5.74, 6) is 0.648. The van der Waals surface area contributed by atoms with Crippen molar-refractivity contribution in [3.63, 3.8) is 0 Å². The molecule has 1 aromatic carbocycles. The second-order valence-electron chi connectivity index (χ2n) is 6.33. The van der Waals surface area contributed by atoms with E-state index in [0.717, 1.165) is 25.1 Å². The van der Waals surface area contributed by atoms with E-state index in [-0.39, 0.29) is 0 Å². The van der Waals surface area contributed by atoms with E-state index in [1.165, 1.54) is 0 Å². The first kappa shape index (κ1) is 18.8. The molecule has 0 aliphatic carbocycles. The molecule has 1 N–H and O–H groups in total. The topological polar surface area (TPSA) is 78.4 Å². The van der Waals surface area contributed by atoms with Gasteiger partial charge in [0.15, 0.2) is 0 Å². The lowest BCUT2D eigenvalue weighted by Crippen LogP contribution is -2.48. The average molecular weight is 375 g/mol. The fourth-order valence-corrected chi connectivity index (χ4v) is 4.34. The minimum Gasteiger partial charge on any atom is -0.354 e.